The largest absolute Gasteiger partial charge is 0.398 e. The summed E-state index contributed by atoms with van der Waals surface area (Å²) in [4.78, 5) is 14.0. The Morgan fingerprint density at radius 3 is 2.57 bits per heavy atom. The van der Waals surface area contributed by atoms with E-state index in [1.54, 1.807) is 30.1 Å². The van der Waals surface area contributed by atoms with Crippen molar-refractivity contribution in [1.29, 1.82) is 0 Å². The lowest BCUT2D eigenvalue weighted by atomic mass is 10.1. The van der Waals surface area contributed by atoms with Gasteiger partial charge in [-0.15, -0.1) is 0 Å². The van der Waals surface area contributed by atoms with Gasteiger partial charge in [-0.25, -0.2) is 0 Å². The van der Waals surface area contributed by atoms with E-state index in [1.807, 2.05) is 18.2 Å². The molecule has 0 aliphatic heterocycles. The van der Waals surface area contributed by atoms with Gasteiger partial charge in [-0.1, -0.05) is 41.9 Å². The highest BCUT2D eigenvalue weighted by Crippen LogP contribution is 2.20. The van der Waals surface area contributed by atoms with Gasteiger partial charge in [0.15, 0.2) is 0 Å². The van der Waals surface area contributed by atoms with Crippen molar-refractivity contribution < 1.29 is 4.79 Å². The summed E-state index contributed by atoms with van der Waals surface area (Å²) >= 11 is 5.87. The zero-order valence-electron chi connectivity index (χ0n) is 12.1. The molecular weight excluding hydrogens is 284 g/mol. The Morgan fingerprint density at radius 1 is 1.19 bits per heavy atom. The molecule has 2 rings (SSSR count). The van der Waals surface area contributed by atoms with Crippen LogP contribution in [-0.2, 0) is 6.42 Å². The van der Waals surface area contributed by atoms with Crippen molar-refractivity contribution in [2.75, 3.05) is 19.3 Å². The molecule has 0 fully saturated rings. The molecule has 0 aromatic heterocycles. The van der Waals surface area contributed by atoms with E-state index in [-0.39, 0.29) is 5.91 Å². The molecule has 2 aromatic carbocycles. The summed E-state index contributed by atoms with van der Waals surface area (Å²) in [5.74, 6) is -0.0357. The normalized spacial score (nSPS) is 10.4. The molecular formula is C17H19ClN2O. The van der Waals surface area contributed by atoms with E-state index < -0.39 is 0 Å². The Morgan fingerprint density at radius 2 is 1.90 bits per heavy atom. The maximum Gasteiger partial charge on any atom is 0.253 e. The molecule has 110 valence electrons. The Bertz CT molecular complexity index is 613. The summed E-state index contributed by atoms with van der Waals surface area (Å²) in [7, 11) is 1.80. The summed E-state index contributed by atoms with van der Waals surface area (Å²) in [5, 5.41) is 0.471. The molecule has 4 heteroatoms. The first-order valence-electron chi connectivity index (χ1n) is 6.92. The van der Waals surface area contributed by atoms with Crippen LogP contribution in [0.4, 0.5) is 5.69 Å². The average molecular weight is 303 g/mol. The molecule has 0 saturated carbocycles. The summed E-state index contributed by atoms with van der Waals surface area (Å²) in [6.07, 6.45) is 1.89. The van der Waals surface area contributed by atoms with Crippen LogP contribution in [0.1, 0.15) is 22.3 Å². The van der Waals surface area contributed by atoms with Crippen molar-refractivity contribution in [3.8, 4) is 0 Å². The molecule has 2 aromatic rings. The lowest BCUT2D eigenvalue weighted by molar-refractivity contribution is 0.0793. The second kappa shape index (κ2) is 7.14. The first-order chi connectivity index (χ1) is 10.1. The van der Waals surface area contributed by atoms with E-state index in [9.17, 15) is 4.79 Å². The zero-order valence-corrected chi connectivity index (χ0v) is 12.8. The van der Waals surface area contributed by atoms with E-state index in [0.717, 1.165) is 12.8 Å². The minimum atomic E-state index is -0.0357. The molecule has 0 heterocycles. The maximum absolute atomic E-state index is 12.3. The summed E-state index contributed by atoms with van der Waals surface area (Å²) < 4.78 is 0. The number of rotatable bonds is 5. The molecule has 0 radical (unpaired) electrons. The van der Waals surface area contributed by atoms with Gasteiger partial charge in [0.2, 0.25) is 0 Å². The SMILES string of the molecule is CN(CCCc1ccccc1)C(=O)c1ccc(Cl)c(N)c1. The number of hydrogen-bond donors (Lipinski definition) is 1. The fourth-order valence-corrected chi connectivity index (χ4v) is 2.28. The van der Waals surface area contributed by atoms with E-state index in [2.05, 4.69) is 12.1 Å². The Labute approximate surface area is 130 Å². The number of amides is 1. The Kier molecular flexibility index (Phi) is 5.23. The van der Waals surface area contributed by atoms with Crippen molar-refractivity contribution in [2.45, 2.75) is 12.8 Å². The molecule has 0 aliphatic carbocycles. The van der Waals surface area contributed by atoms with Crippen LogP contribution in [-0.4, -0.2) is 24.4 Å². The van der Waals surface area contributed by atoms with Gasteiger partial charge in [-0.2, -0.15) is 0 Å². The van der Waals surface area contributed by atoms with Crippen LogP contribution in [0.5, 0.6) is 0 Å². The number of anilines is 1. The smallest absolute Gasteiger partial charge is 0.253 e. The van der Waals surface area contributed by atoms with E-state index >= 15 is 0 Å². The van der Waals surface area contributed by atoms with E-state index in [0.29, 0.717) is 22.8 Å². The molecule has 0 atom stereocenters. The molecule has 0 aliphatic rings. The number of halogens is 1. The van der Waals surface area contributed by atoms with Gasteiger partial charge < -0.3 is 10.6 Å². The average Bonchev–Trinajstić information content (AvgIpc) is 2.50. The van der Waals surface area contributed by atoms with Crippen molar-refractivity contribution in [3.63, 3.8) is 0 Å². The highest BCUT2D eigenvalue weighted by molar-refractivity contribution is 6.33. The van der Waals surface area contributed by atoms with Gasteiger partial charge in [-0.3, -0.25) is 4.79 Å². The molecule has 3 nitrogen and oxygen atoms in total. The van der Waals surface area contributed by atoms with Crippen LogP contribution in [0.2, 0.25) is 5.02 Å². The van der Waals surface area contributed by atoms with Gasteiger partial charge >= 0.3 is 0 Å². The number of nitrogen functional groups attached to an aromatic ring is 1. The number of carbonyl (C=O) groups excluding carboxylic acids is 1. The highest BCUT2D eigenvalue weighted by atomic mass is 35.5. The standard InChI is InChI=1S/C17H19ClN2O/c1-20(11-5-8-13-6-3-2-4-7-13)17(21)14-9-10-15(18)16(19)12-14/h2-4,6-7,9-10,12H,5,8,11,19H2,1H3. The van der Waals surface area contributed by atoms with Crippen molar-refractivity contribution in [1.82, 2.24) is 4.90 Å². The zero-order chi connectivity index (χ0) is 15.2. The van der Waals surface area contributed by atoms with Crippen LogP contribution in [0.3, 0.4) is 0 Å². The lowest BCUT2D eigenvalue weighted by Gasteiger charge is -2.17. The van der Waals surface area contributed by atoms with E-state index in [4.69, 9.17) is 17.3 Å². The molecule has 0 bridgehead atoms. The fourth-order valence-electron chi connectivity index (χ4n) is 2.16. The third-order valence-electron chi connectivity index (χ3n) is 3.39. The predicted octanol–water partition coefficient (Wildman–Crippen LogP) is 3.63. The number of nitrogens with zero attached hydrogens (tertiary/aromatic N) is 1. The number of nitrogens with two attached hydrogens (primary N) is 1. The quantitative estimate of drug-likeness (QED) is 0.857. The van der Waals surface area contributed by atoms with Crippen LogP contribution < -0.4 is 5.73 Å². The second-order valence-corrected chi connectivity index (χ2v) is 5.46. The number of hydrogen-bond acceptors (Lipinski definition) is 2. The van der Waals surface area contributed by atoms with Gasteiger partial charge in [-0.05, 0) is 36.6 Å². The van der Waals surface area contributed by atoms with E-state index in [1.165, 1.54) is 5.56 Å². The monoisotopic (exact) mass is 302 g/mol. The van der Waals surface area contributed by atoms with Gasteiger partial charge in [0.05, 0.1) is 10.7 Å². The topological polar surface area (TPSA) is 46.3 Å². The van der Waals surface area contributed by atoms with Gasteiger partial charge in [0, 0.05) is 19.2 Å². The first kappa shape index (κ1) is 15.4. The van der Waals surface area contributed by atoms with Gasteiger partial charge in [0.25, 0.3) is 5.91 Å². The predicted molar refractivity (Wildman–Crippen MR) is 87.6 cm³/mol. The summed E-state index contributed by atoms with van der Waals surface area (Å²) in [5.41, 5.74) is 8.02. The molecule has 0 unspecified atom stereocenters. The fraction of sp³-hybridized carbons (Fsp3) is 0.235. The molecule has 1 amide bonds. The Balaban J connectivity index is 1.89. The summed E-state index contributed by atoms with van der Waals surface area (Å²) in [6, 6.07) is 15.2. The van der Waals surface area contributed by atoms with Crippen molar-refractivity contribution in [3.05, 3.63) is 64.7 Å². The number of aryl methyl sites for hydroxylation is 1. The maximum atomic E-state index is 12.3. The van der Waals surface area contributed by atoms with Crippen molar-refractivity contribution in [2.24, 2.45) is 0 Å². The Hall–Kier alpha value is -2.00. The number of benzene rings is 2. The van der Waals surface area contributed by atoms with Gasteiger partial charge in [0.1, 0.15) is 0 Å². The van der Waals surface area contributed by atoms with Crippen LogP contribution in [0.15, 0.2) is 48.5 Å². The minimum Gasteiger partial charge on any atom is -0.398 e. The van der Waals surface area contributed by atoms with Crippen molar-refractivity contribution >= 4 is 23.2 Å². The second-order valence-electron chi connectivity index (χ2n) is 5.05. The molecule has 21 heavy (non-hydrogen) atoms. The molecule has 0 saturated heterocycles. The summed E-state index contributed by atoms with van der Waals surface area (Å²) in [6.45, 7) is 0.705. The molecule has 0 spiro atoms. The third-order valence-corrected chi connectivity index (χ3v) is 3.74. The van der Waals surface area contributed by atoms with Crippen LogP contribution >= 0.6 is 11.6 Å². The lowest BCUT2D eigenvalue weighted by Crippen LogP contribution is -2.28. The minimum absolute atomic E-state index is 0.0357. The van der Waals surface area contributed by atoms with Crippen LogP contribution in [0, 0.1) is 0 Å². The van der Waals surface area contributed by atoms with Crippen LogP contribution in [0.25, 0.3) is 0 Å². The first-order valence-corrected chi connectivity index (χ1v) is 7.30. The number of carbonyl (C=O) groups is 1. The molecule has 2 N–H and O–H groups in total. The third kappa shape index (κ3) is 4.23. The highest BCUT2D eigenvalue weighted by Gasteiger charge is 2.12.